The van der Waals surface area contributed by atoms with E-state index in [2.05, 4.69) is 5.32 Å². The molecule has 0 radical (unpaired) electrons. The average molecular weight is 819 g/mol. The monoisotopic (exact) mass is 818 g/mol. The second-order valence-corrected chi connectivity index (χ2v) is 13.8. The van der Waals surface area contributed by atoms with Gasteiger partial charge in [0.1, 0.15) is 18.0 Å². The fourth-order valence-corrected chi connectivity index (χ4v) is 7.90. The van der Waals surface area contributed by atoms with Gasteiger partial charge < -0.3 is 52.3 Å². The number of halogens is 1. The van der Waals surface area contributed by atoms with Crippen LogP contribution in [0.1, 0.15) is 45.5 Å². The number of nitrogens with one attached hydrogen (secondary N) is 1. The molecular formula is C42H43ClN2O13. The summed E-state index contributed by atoms with van der Waals surface area (Å²) in [5.41, 5.74) is 5.37. The summed E-state index contributed by atoms with van der Waals surface area (Å²) in [6.45, 7) is 0.337. The van der Waals surface area contributed by atoms with E-state index in [4.69, 9.17) is 59.0 Å². The Morgan fingerprint density at radius 1 is 0.638 bits per heavy atom. The maximum Gasteiger partial charge on any atom is 0.328 e. The third-order valence-corrected chi connectivity index (χ3v) is 10.7. The Balaban J connectivity index is 0.000000178. The standard InChI is InChI=1S/C22H22ClNO7.C20H21NO6/c1-27-17-8-13-6-15(22(26)29-3)24(20(25)10-23)21(14(13)9-18(17)28-2)12-4-5-16-19(7-12)31-11-30-16;1-23-16-8-12-6-14(20(22)25-3)21-19(13(12)9-17(16)24-2)11-4-5-15-18(7-11)27-10-26-15/h4-5,7-9,15,21H,6,10-11H2,1-3H3;4-5,7-9,14,19,21H,6,10H2,1-3H3/t15-,21?;14-,19?/m00/s1. The van der Waals surface area contributed by atoms with Crippen LogP contribution < -0.4 is 43.2 Å². The highest BCUT2D eigenvalue weighted by Gasteiger charge is 2.43. The van der Waals surface area contributed by atoms with Gasteiger partial charge in [0.2, 0.25) is 19.5 Å². The molecule has 0 bridgehead atoms. The van der Waals surface area contributed by atoms with Crippen molar-refractivity contribution in [3.8, 4) is 46.0 Å². The molecular weight excluding hydrogens is 776 g/mol. The molecule has 4 heterocycles. The normalized spacial score (nSPS) is 19.4. The van der Waals surface area contributed by atoms with Crippen LogP contribution >= 0.6 is 11.6 Å². The Bertz CT molecular complexity index is 2210. The summed E-state index contributed by atoms with van der Waals surface area (Å²) in [5.74, 6) is 3.41. The zero-order valence-electron chi connectivity index (χ0n) is 32.8. The summed E-state index contributed by atoms with van der Waals surface area (Å²) >= 11 is 5.95. The number of ether oxygens (including phenoxy) is 10. The number of alkyl halides is 1. The molecule has 0 saturated heterocycles. The van der Waals surface area contributed by atoms with Crippen molar-refractivity contribution in [3.05, 3.63) is 94.0 Å². The van der Waals surface area contributed by atoms with Gasteiger partial charge in [0.05, 0.1) is 54.7 Å². The van der Waals surface area contributed by atoms with Crippen LogP contribution in [0.25, 0.3) is 0 Å². The molecule has 1 amide bonds. The van der Waals surface area contributed by atoms with Gasteiger partial charge >= 0.3 is 11.9 Å². The van der Waals surface area contributed by atoms with E-state index < -0.39 is 24.1 Å². The van der Waals surface area contributed by atoms with Gasteiger partial charge in [-0.1, -0.05) is 12.1 Å². The minimum atomic E-state index is -0.850. The number of carbonyl (C=O) groups is 3. The van der Waals surface area contributed by atoms with E-state index >= 15 is 0 Å². The van der Waals surface area contributed by atoms with Gasteiger partial charge in [-0.25, -0.2) is 4.79 Å². The number of rotatable bonds is 9. The SMILES string of the molecule is COC(=O)[C@@H]1Cc2cc(OC)c(OC)cc2C(c2ccc3c(c2)OCO3)N1.COC(=O)[C@@H]1Cc2cc(OC)c(OC)cc2C(c2ccc3c(c2)OCO3)N1C(=O)CCl. The number of fused-ring (bicyclic) bond motifs is 4. The molecule has 0 saturated carbocycles. The van der Waals surface area contributed by atoms with Crippen molar-refractivity contribution in [2.45, 2.75) is 37.0 Å². The lowest BCUT2D eigenvalue weighted by atomic mass is 9.84. The Morgan fingerprint density at radius 2 is 1.14 bits per heavy atom. The molecule has 0 aliphatic carbocycles. The Labute approximate surface area is 339 Å². The summed E-state index contributed by atoms with van der Waals surface area (Å²) in [6.07, 6.45) is 0.759. The molecule has 58 heavy (non-hydrogen) atoms. The molecule has 0 spiro atoms. The van der Waals surface area contributed by atoms with Crippen LogP contribution in [0.2, 0.25) is 0 Å². The van der Waals surface area contributed by atoms with Gasteiger partial charge in [-0.3, -0.25) is 14.9 Å². The van der Waals surface area contributed by atoms with Crippen LogP contribution in [-0.4, -0.2) is 97.0 Å². The molecule has 16 heteroatoms. The van der Waals surface area contributed by atoms with E-state index in [1.807, 2.05) is 54.6 Å². The highest BCUT2D eigenvalue weighted by Crippen LogP contribution is 2.46. The number of benzene rings is 4. The van der Waals surface area contributed by atoms with Crippen molar-refractivity contribution >= 4 is 29.4 Å². The number of carbonyl (C=O) groups excluding carboxylic acids is 3. The molecule has 4 aliphatic rings. The van der Waals surface area contributed by atoms with Crippen molar-refractivity contribution in [2.24, 2.45) is 0 Å². The molecule has 0 fully saturated rings. The second kappa shape index (κ2) is 17.2. The first kappa shape index (κ1) is 40.1. The predicted molar refractivity (Wildman–Crippen MR) is 208 cm³/mol. The summed E-state index contributed by atoms with van der Waals surface area (Å²) in [6, 6.07) is 16.6. The van der Waals surface area contributed by atoms with Gasteiger partial charge in [-0.2, -0.15) is 0 Å². The zero-order chi connectivity index (χ0) is 41.1. The van der Waals surface area contributed by atoms with Crippen molar-refractivity contribution in [3.63, 3.8) is 0 Å². The zero-order valence-corrected chi connectivity index (χ0v) is 33.5. The highest BCUT2D eigenvalue weighted by atomic mass is 35.5. The van der Waals surface area contributed by atoms with Gasteiger partial charge in [0, 0.05) is 6.42 Å². The number of nitrogens with zero attached hydrogens (tertiary/aromatic N) is 1. The maximum absolute atomic E-state index is 13.0. The van der Waals surface area contributed by atoms with E-state index in [0.29, 0.717) is 52.4 Å². The molecule has 306 valence electrons. The van der Waals surface area contributed by atoms with Crippen molar-refractivity contribution in [2.75, 3.05) is 62.1 Å². The molecule has 4 atom stereocenters. The van der Waals surface area contributed by atoms with Crippen LogP contribution in [0.3, 0.4) is 0 Å². The maximum atomic E-state index is 13.0. The molecule has 4 aromatic carbocycles. The van der Waals surface area contributed by atoms with Gasteiger partial charge in [0.15, 0.2) is 46.0 Å². The van der Waals surface area contributed by atoms with Crippen molar-refractivity contribution < 1.29 is 61.8 Å². The van der Waals surface area contributed by atoms with Gasteiger partial charge in [-0.05, 0) is 88.3 Å². The first-order chi connectivity index (χ1) is 28.2. The van der Waals surface area contributed by atoms with Crippen LogP contribution in [0.15, 0.2) is 60.7 Å². The summed E-state index contributed by atoms with van der Waals surface area (Å²) in [7, 11) is 8.98. The van der Waals surface area contributed by atoms with Gasteiger partial charge in [-0.15, -0.1) is 11.6 Å². The summed E-state index contributed by atoms with van der Waals surface area (Å²) in [5, 5.41) is 3.39. The van der Waals surface area contributed by atoms with Crippen LogP contribution in [0, 0.1) is 0 Å². The molecule has 1 N–H and O–H groups in total. The van der Waals surface area contributed by atoms with Crippen LogP contribution in [-0.2, 0) is 36.7 Å². The van der Waals surface area contributed by atoms with E-state index in [9.17, 15) is 14.4 Å². The van der Waals surface area contributed by atoms with Crippen molar-refractivity contribution in [1.29, 1.82) is 0 Å². The van der Waals surface area contributed by atoms with Crippen molar-refractivity contribution in [1.82, 2.24) is 10.2 Å². The number of esters is 2. The fourth-order valence-electron chi connectivity index (χ4n) is 7.76. The molecule has 8 rings (SSSR count). The Morgan fingerprint density at radius 3 is 1.69 bits per heavy atom. The molecule has 2 unspecified atom stereocenters. The van der Waals surface area contributed by atoms with E-state index in [1.54, 1.807) is 34.5 Å². The minimum Gasteiger partial charge on any atom is -0.493 e. The lowest BCUT2D eigenvalue weighted by Crippen LogP contribution is -2.52. The molecule has 4 aliphatic heterocycles. The smallest absolute Gasteiger partial charge is 0.328 e. The lowest BCUT2D eigenvalue weighted by Gasteiger charge is -2.42. The number of hydrogen-bond acceptors (Lipinski definition) is 14. The second-order valence-electron chi connectivity index (χ2n) is 13.5. The third-order valence-electron chi connectivity index (χ3n) is 10.5. The summed E-state index contributed by atoms with van der Waals surface area (Å²) < 4.78 is 53.7. The van der Waals surface area contributed by atoms with Crippen LogP contribution in [0.4, 0.5) is 0 Å². The highest BCUT2D eigenvalue weighted by molar-refractivity contribution is 6.27. The molecule has 0 aromatic heterocycles. The topological polar surface area (TPSA) is 159 Å². The number of hydrogen-bond donors (Lipinski definition) is 1. The quantitative estimate of drug-likeness (QED) is 0.180. The largest absolute Gasteiger partial charge is 0.493 e. The van der Waals surface area contributed by atoms with E-state index in [0.717, 1.165) is 33.4 Å². The Kier molecular flexibility index (Phi) is 11.9. The predicted octanol–water partition coefficient (Wildman–Crippen LogP) is 4.90. The average Bonchev–Trinajstić information content (AvgIpc) is 3.95. The third kappa shape index (κ3) is 7.54. The Hall–Kier alpha value is -6.06. The van der Waals surface area contributed by atoms with E-state index in [-0.39, 0.29) is 43.8 Å². The fraction of sp³-hybridized carbons (Fsp3) is 0.357. The lowest BCUT2D eigenvalue weighted by molar-refractivity contribution is -0.154. The summed E-state index contributed by atoms with van der Waals surface area (Å²) in [4.78, 5) is 39.4. The number of amides is 1. The number of methoxy groups -OCH3 is 6. The molecule has 15 nitrogen and oxygen atoms in total. The first-order valence-corrected chi connectivity index (χ1v) is 18.8. The molecule has 4 aromatic rings. The van der Waals surface area contributed by atoms with Gasteiger partial charge in [0.25, 0.3) is 0 Å². The van der Waals surface area contributed by atoms with Crippen LogP contribution in [0.5, 0.6) is 46.0 Å². The van der Waals surface area contributed by atoms with E-state index in [1.165, 1.54) is 19.1 Å². The first-order valence-electron chi connectivity index (χ1n) is 18.2. The minimum absolute atomic E-state index is 0.125.